The van der Waals surface area contributed by atoms with Crippen molar-refractivity contribution in [2.75, 3.05) is 32.4 Å². The third-order valence-corrected chi connectivity index (χ3v) is 4.44. The van der Waals surface area contributed by atoms with Gasteiger partial charge in [0, 0.05) is 18.3 Å². The minimum atomic E-state index is -2.51. The first kappa shape index (κ1) is 16.1. The molecule has 1 atom stereocenters. The summed E-state index contributed by atoms with van der Waals surface area (Å²) in [5, 5.41) is 0. The normalized spacial score (nSPS) is 12.0. The summed E-state index contributed by atoms with van der Waals surface area (Å²) in [6, 6.07) is 6.82. The maximum atomic E-state index is 12.4. The van der Waals surface area contributed by atoms with Gasteiger partial charge in [0.05, 0.1) is 7.11 Å². The molecule has 0 radical (unpaired) electrons. The first-order valence-electron chi connectivity index (χ1n) is 5.98. The predicted octanol–water partition coefficient (Wildman–Crippen LogP) is 1.78. The maximum absolute atomic E-state index is 12.4. The summed E-state index contributed by atoms with van der Waals surface area (Å²) in [4.78, 5) is 13.0. The van der Waals surface area contributed by atoms with Crippen molar-refractivity contribution in [3.05, 3.63) is 29.8 Å². The van der Waals surface area contributed by atoms with Gasteiger partial charge in [0.1, 0.15) is 19.0 Å². The fraction of sp³-hybridized carbons (Fsp3) is 0.357. The fourth-order valence-corrected chi connectivity index (χ4v) is 3.13. The number of nitrogens with zero attached hydrogens (tertiary/aromatic N) is 1. The van der Waals surface area contributed by atoms with Crippen LogP contribution >= 0.6 is 7.14 Å². The zero-order chi connectivity index (χ0) is 15.3. The average molecular weight is 294 g/mol. The Morgan fingerprint density at radius 1 is 1.45 bits per heavy atom. The van der Waals surface area contributed by atoms with E-state index in [1.807, 2.05) is 6.07 Å². The summed E-state index contributed by atoms with van der Waals surface area (Å²) in [6.45, 7) is 3.33. The van der Waals surface area contributed by atoms with Gasteiger partial charge >= 0.3 is 0 Å². The molecule has 0 aliphatic rings. The summed E-state index contributed by atoms with van der Waals surface area (Å²) in [5.74, 6) is 1.83. The van der Waals surface area contributed by atoms with Gasteiger partial charge in [-0.15, -0.1) is 0 Å². The van der Waals surface area contributed by atoms with E-state index in [1.54, 1.807) is 43.5 Å². The largest absolute Gasteiger partial charge is 0.450 e. The summed E-state index contributed by atoms with van der Waals surface area (Å²) in [6.07, 6.45) is 2.49. The van der Waals surface area contributed by atoms with Crippen LogP contribution in [-0.4, -0.2) is 39.2 Å². The zero-order valence-electron chi connectivity index (χ0n) is 12.1. The van der Waals surface area contributed by atoms with Crippen molar-refractivity contribution in [1.29, 1.82) is 0 Å². The summed E-state index contributed by atoms with van der Waals surface area (Å²) in [5.41, 5.74) is 6.39. The number of carbonyl (C=O) groups is 1. The second-order valence-corrected chi connectivity index (χ2v) is 8.14. The third-order valence-electron chi connectivity index (χ3n) is 2.78. The van der Waals surface area contributed by atoms with Crippen LogP contribution in [0.2, 0.25) is 0 Å². The van der Waals surface area contributed by atoms with Crippen LogP contribution in [0, 0.1) is 12.0 Å². The number of benzene rings is 1. The quantitative estimate of drug-likeness (QED) is 0.678. The highest BCUT2D eigenvalue weighted by atomic mass is 31.2. The first-order valence-corrected chi connectivity index (χ1v) is 8.65. The van der Waals surface area contributed by atoms with Gasteiger partial charge < -0.3 is 19.9 Å². The SMILES string of the molecule is COC#CC(N(C)c1cccc(C(N)=O)c1)P(C)(C)=O. The topological polar surface area (TPSA) is 72.6 Å². The van der Waals surface area contributed by atoms with Gasteiger partial charge in [0.2, 0.25) is 5.91 Å². The number of carbonyl (C=O) groups excluding carboxylic acids is 1. The monoisotopic (exact) mass is 294 g/mol. The molecular weight excluding hydrogens is 275 g/mol. The van der Waals surface area contributed by atoms with E-state index in [2.05, 4.69) is 12.0 Å². The van der Waals surface area contributed by atoms with Crippen molar-refractivity contribution in [3.63, 3.8) is 0 Å². The van der Waals surface area contributed by atoms with Crippen LogP contribution in [0.25, 0.3) is 0 Å². The van der Waals surface area contributed by atoms with E-state index in [4.69, 9.17) is 10.5 Å². The van der Waals surface area contributed by atoms with E-state index < -0.39 is 18.8 Å². The first-order chi connectivity index (χ1) is 9.27. The molecule has 0 spiro atoms. The van der Waals surface area contributed by atoms with Crippen LogP contribution in [0.15, 0.2) is 24.3 Å². The molecule has 1 amide bonds. The Balaban J connectivity index is 3.18. The zero-order valence-corrected chi connectivity index (χ0v) is 13.0. The highest BCUT2D eigenvalue weighted by molar-refractivity contribution is 7.63. The number of methoxy groups -OCH3 is 1. The van der Waals surface area contributed by atoms with Crippen LogP contribution in [0.3, 0.4) is 0 Å². The van der Waals surface area contributed by atoms with Crippen LogP contribution in [-0.2, 0) is 9.30 Å². The molecule has 0 aromatic heterocycles. The van der Waals surface area contributed by atoms with Crippen molar-refractivity contribution >= 4 is 18.7 Å². The highest BCUT2D eigenvalue weighted by Gasteiger charge is 2.26. The second kappa shape index (κ2) is 6.49. The van der Waals surface area contributed by atoms with Gasteiger partial charge in [0.15, 0.2) is 0 Å². The van der Waals surface area contributed by atoms with Gasteiger partial charge in [-0.1, -0.05) is 6.07 Å². The number of anilines is 1. The molecule has 0 saturated carbocycles. The lowest BCUT2D eigenvalue weighted by molar-refractivity contribution is 0.100. The molecule has 1 rings (SSSR count). The fourth-order valence-electron chi connectivity index (χ4n) is 1.80. The Morgan fingerprint density at radius 3 is 2.60 bits per heavy atom. The van der Waals surface area contributed by atoms with E-state index >= 15 is 0 Å². The molecule has 0 aliphatic heterocycles. The van der Waals surface area contributed by atoms with Gasteiger partial charge in [-0.05, 0) is 37.4 Å². The van der Waals surface area contributed by atoms with Crippen molar-refractivity contribution in [1.82, 2.24) is 0 Å². The molecule has 20 heavy (non-hydrogen) atoms. The smallest absolute Gasteiger partial charge is 0.248 e. The van der Waals surface area contributed by atoms with Crippen LogP contribution in [0.4, 0.5) is 5.69 Å². The standard InChI is InChI=1S/C14H19N2O3P/c1-16(13(8-9-19-2)20(3,4)18)12-7-5-6-11(10-12)14(15)17/h5-7,10,13H,1-4H3,(H2,15,17). The summed E-state index contributed by atoms with van der Waals surface area (Å²) >= 11 is 0. The Bertz CT molecular complexity index is 598. The molecule has 2 N–H and O–H groups in total. The molecule has 6 heteroatoms. The number of amides is 1. The van der Waals surface area contributed by atoms with E-state index in [9.17, 15) is 9.36 Å². The van der Waals surface area contributed by atoms with Crippen LogP contribution in [0.5, 0.6) is 0 Å². The minimum Gasteiger partial charge on any atom is -0.450 e. The van der Waals surface area contributed by atoms with Gasteiger partial charge in [-0.25, -0.2) is 0 Å². The Labute approximate surface area is 119 Å². The molecule has 0 saturated heterocycles. The molecular formula is C14H19N2O3P. The van der Waals surface area contributed by atoms with Crippen molar-refractivity contribution in [3.8, 4) is 12.0 Å². The van der Waals surface area contributed by atoms with E-state index in [-0.39, 0.29) is 0 Å². The number of hydrogen-bond acceptors (Lipinski definition) is 4. The molecule has 5 nitrogen and oxygen atoms in total. The average Bonchev–Trinajstić information content (AvgIpc) is 2.37. The molecule has 1 unspecified atom stereocenters. The molecule has 108 valence electrons. The number of ether oxygens (including phenoxy) is 1. The highest BCUT2D eigenvalue weighted by Crippen LogP contribution is 2.44. The Hall–Kier alpha value is -1.92. The lowest BCUT2D eigenvalue weighted by Gasteiger charge is -2.29. The van der Waals surface area contributed by atoms with Crippen molar-refractivity contribution < 1.29 is 14.1 Å². The number of rotatable bonds is 4. The van der Waals surface area contributed by atoms with Gasteiger partial charge in [-0.2, -0.15) is 0 Å². The lowest BCUT2D eigenvalue weighted by Crippen LogP contribution is -2.30. The Morgan fingerprint density at radius 2 is 2.10 bits per heavy atom. The number of primary amides is 1. The third kappa shape index (κ3) is 4.04. The lowest BCUT2D eigenvalue weighted by atomic mass is 10.2. The summed E-state index contributed by atoms with van der Waals surface area (Å²) in [7, 11) is 0.715. The van der Waals surface area contributed by atoms with Crippen LogP contribution in [0.1, 0.15) is 10.4 Å². The molecule has 1 aromatic rings. The molecule has 0 fully saturated rings. The van der Waals surface area contributed by atoms with Crippen molar-refractivity contribution in [2.24, 2.45) is 5.73 Å². The molecule has 1 aromatic carbocycles. The minimum absolute atomic E-state index is 0.398. The van der Waals surface area contributed by atoms with Crippen LogP contribution < -0.4 is 10.6 Å². The molecule has 0 aliphatic carbocycles. The van der Waals surface area contributed by atoms with E-state index in [1.165, 1.54) is 7.11 Å². The molecule has 0 bridgehead atoms. The second-order valence-electron chi connectivity index (χ2n) is 4.78. The van der Waals surface area contributed by atoms with E-state index in [0.717, 1.165) is 5.69 Å². The molecule has 0 heterocycles. The number of hydrogen-bond donors (Lipinski definition) is 1. The predicted molar refractivity (Wildman–Crippen MR) is 81.4 cm³/mol. The van der Waals surface area contributed by atoms with Crippen molar-refractivity contribution in [2.45, 2.75) is 5.78 Å². The van der Waals surface area contributed by atoms with Gasteiger partial charge in [-0.3, -0.25) is 4.79 Å². The maximum Gasteiger partial charge on any atom is 0.248 e. The Kier molecular flexibility index (Phi) is 5.24. The number of nitrogens with two attached hydrogens (primary N) is 1. The summed E-state index contributed by atoms with van der Waals surface area (Å²) < 4.78 is 17.1. The van der Waals surface area contributed by atoms with E-state index in [0.29, 0.717) is 5.56 Å². The van der Waals surface area contributed by atoms with Gasteiger partial charge in [0.25, 0.3) is 0 Å².